The van der Waals surface area contributed by atoms with E-state index in [2.05, 4.69) is 15.2 Å². The fourth-order valence-electron chi connectivity index (χ4n) is 4.43. The van der Waals surface area contributed by atoms with Gasteiger partial charge in [0.2, 0.25) is 5.60 Å². The molecule has 1 aliphatic rings. The molecular formula is C27H34N7O9P. The number of carbonyl (C=O) groups excluding carboxylic acids is 2. The summed E-state index contributed by atoms with van der Waals surface area (Å²) in [6, 6.07) is 9.36. The van der Waals surface area contributed by atoms with Crippen LogP contribution >= 0.6 is 7.75 Å². The lowest BCUT2D eigenvalue weighted by Crippen LogP contribution is -2.46. The molecule has 3 heterocycles. The fraction of sp³-hybridized carbons (Fsp3) is 0.444. The van der Waals surface area contributed by atoms with Crippen LogP contribution in [0.4, 0.5) is 5.82 Å². The number of esters is 1. The molecule has 0 saturated carbocycles. The summed E-state index contributed by atoms with van der Waals surface area (Å²) >= 11 is 0. The van der Waals surface area contributed by atoms with Crippen molar-refractivity contribution in [3.8, 4) is 11.8 Å². The van der Waals surface area contributed by atoms with Gasteiger partial charge < -0.3 is 34.8 Å². The number of rotatable bonds is 11. The van der Waals surface area contributed by atoms with E-state index in [1.54, 1.807) is 34.0 Å². The average Bonchev–Trinajstić information content (AvgIpc) is 3.51. The van der Waals surface area contributed by atoms with E-state index >= 15 is 0 Å². The number of aliphatic hydroxyl groups is 2. The number of nitrogens with zero attached hydrogens (tertiary/aromatic N) is 5. The minimum absolute atomic E-state index is 0.00528. The van der Waals surface area contributed by atoms with E-state index in [4.69, 9.17) is 24.3 Å². The maximum Gasteiger partial charge on any atom is 0.459 e. The summed E-state index contributed by atoms with van der Waals surface area (Å²) in [5.74, 6) is -0.888. The van der Waals surface area contributed by atoms with E-state index in [0.29, 0.717) is 11.1 Å². The van der Waals surface area contributed by atoms with Crippen molar-refractivity contribution in [3.63, 3.8) is 0 Å². The van der Waals surface area contributed by atoms with Crippen LogP contribution in [0.25, 0.3) is 5.52 Å². The van der Waals surface area contributed by atoms with Crippen molar-refractivity contribution in [3.05, 3.63) is 54.0 Å². The number of carbonyl (C=O) groups is 2. The Hall–Kier alpha value is -4.10. The highest BCUT2D eigenvalue weighted by atomic mass is 31.2. The predicted octanol–water partition coefficient (Wildman–Crippen LogP) is 1.20. The highest BCUT2D eigenvalue weighted by molar-refractivity contribution is 7.52. The first-order chi connectivity index (χ1) is 20.7. The molecule has 0 spiro atoms. The second-order valence-corrected chi connectivity index (χ2v) is 12.3. The lowest BCUT2D eigenvalue weighted by atomic mass is 9.96. The zero-order valence-electron chi connectivity index (χ0n) is 24.6. The number of nitrogens with one attached hydrogen (secondary N) is 1. The molecule has 3 aromatic rings. The maximum atomic E-state index is 14.1. The number of nitriles is 1. The number of fused-ring (bicyclic) bond motifs is 1. The summed E-state index contributed by atoms with van der Waals surface area (Å²) < 4.78 is 37.7. The summed E-state index contributed by atoms with van der Waals surface area (Å²) in [5.41, 5.74) is 4.64. The van der Waals surface area contributed by atoms with Gasteiger partial charge in [-0.3, -0.25) is 14.1 Å². The van der Waals surface area contributed by atoms with Crippen molar-refractivity contribution < 1.29 is 42.9 Å². The number of nitrogens with two attached hydrogens (primary N) is 1. The van der Waals surface area contributed by atoms with Crippen LogP contribution in [-0.4, -0.2) is 92.2 Å². The number of aliphatic hydroxyl groups excluding tert-OH is 2. The van der Waals surface area contributed by atoms with Gasteiger partial charge >= 0.3 is 13.7 Å². The predicted molar refractivity (Wildman–Crippen MR) is 154 cm³/mol. The highest BCUT2D eigenvalue weighted by Gasteiger charge is 2.57. The largest absolute Gasteiger partial charge is 0.462 e. The molecule has 16 nitrogen and oxygen atoms in total. The number of ether oxygens (including phenoxy) is 2. The Morgan fingerprint density at radius 2 is 1.91 bits per heavy atom. The molecule has 6 atom stereocenters. The maximum absolute atomic E-state index is 14.1. The normalized spacial score (nSPS) is 23.6. The van der Waals surface area contributed by atoms with Crippen LogP contribution in [0, 0.1) is 11.3 Å². The Balaban J connectivity index is 1.60. The topological polar surface area (TPSA) is 224 Å². The number of aromatic nitrogens is 3. The summed E-state index contributed by atoms with van der Waals surface area (Å²) in [5, 5.41) is 38.6. The van der Waals surface area contributed by atoms with Gasteiger partial charge in [-0.2, -0.15) is 15.4 Å². The Morgan fingerprint density at radius 3 is 2.52 bits per heavy atom. The first-order valence-corrected chi connectivity index (χ1v) is 15.0. The summed E-state index contributed by atoms with van der Waals surface area (Å²) in [6.07, 6.45) is -4.03. The highest BCUT2D eigenvalue weighted by Crippen LogP contribution is 2.48. The summed E-state index contributed by atoms with van der Waals surface area (Å²) in [4.78, 5) is 30.1. The number of hydrogen-bond acceptors (Lipinski definition) is 13. The van der Waals surface area contributed by atoms with E-state index in [9.17, 15) is 29.6 Å². The smallest absolute Gasteiger partial charge is 0.459 e. The Morgan fingerprint density at radius 1 is 1.23 bits per heavy atom. The van der Waals surface area contributed by atoms with Crippen LogP contribution in [0.3, 0.4) is 0 Å². The van der Waals surface area contributed by atoms with Crippen molar-refractivity contribution >= 4 is 31.0 Å². The molecule has 1 saturated heterocycles. The zero-order chi connectivity index (χ0) is 32.4. The van der Waals surface area contributed by atoms with Gasteiger partial charge in [-0.05, 0) is 57.2 Å². The van der Waals surface area contributed by atoms with Gasteiger partial charge in [-0.25, -0.2) is 14.1 Å². The Bertz CT molecular complexity index is 1610. The van der Waals surface area contributed by atoms with Crippen LogP contribution in [0.1, 0.15) is 42.9 Å². The van der Waals surface area contributed by atoms with Crippen LogP contribution < -0.4 is 15.3 Å². The zero-order valence-corrected chi connectivity index (χ0v) is 25.5. The molecule has 0 bridgehead atoms. The molecule has 4 rings (SSSR count). The van der Waals surface area contributed by atoms with Crippen molar-refractivity contribution in [2.75, 3.05) is 26.4 Å². The van der Waals surface area contributed by atoms with E-state index in [0.717, 1.165) is 0 Å². The molecule has 0 radical (unpaired) electrons. The van der Waals surface area contributed by atoms with Gasteiger partial charge in [0, 0.05) is 19.7 Å². The molecule has 1 aliphatic heterocycles. The number of hydrogen-bond donors (Lipinski definition) is 4. The molecule has 2 aromatic heterocycles. The minimum Gasteiger partial charge on any atom is -0.462 e. The van der Waals surface area contributed by atoms with E-state index < -0.39 is 56.4 Å². The van der Waals surface area contributed by atoms with Crippen molar-refractivity contribution in [1.82, 2.24) is 24.6 Å². The number of benzene rings is 1. The fourth-order valence-corrected chi connectivity index (χ4v) is 5.95. The lowest BCUT2D eigenvalue weighted by molar-refractivity contribution is -0.149. The van der Waals surface area contributed by atoms with Crippen LogP contribution in [0.5, 0.6) is 5.75 Å². The van der Waals surface area contributed by atoms with Gasteiger partial charge in [0.1, 0.15) is 54.6 Å². The van der Waals surface area contributed by atoms with Gasteiger partial charge in [-0.1, -0.05) is 0 Å². The van der Waals surface area contributed by atoms with E-state index in [1.807, 2.05) is 6.07 Å². The molecule has 1 aromatic carbocycles. The van der Waals surface area contributed by atoms with Crippen molar-refractivity contribution in [2.45, 2.75) is 56.8 Å². The molecule has 44 heavy (non-hydrogen) atoms. The Labute approximate surface area is 252 Å². The van der Waals surface area contributed by atoms with Crippen molar-refractivity contribution in [2.24, 2.45) is 0 Å². The summed E-state index contributed by atoms with van der Waals surface area (Å²) in [7, 11) is -1.37. The van der Waals surface area contributed by atoms with Gasteiger partial charge in [0.05, 0.1) is 11.8 Å². The first kappa shape index (κ1) is 32.8. The third-order valence-electron chi connectivity index (χ3n) is 6.68. The second kappa shape index (κ2) is 12.9. The quantitative estimate of drug-likeness (QED) is 0.172. The monoisotopic (exact) mass is 631 g/mol. The third kappa shape index (κ3) is 6.68. The molecule has 17 heteroatoms. The number of anilines is 1. The molecule has 1 unspecified atom stereocenters. The second-order valence-electron chi connectivity index (χ2n) is 10.6. The molecule has 5 N–H and O–H groups in total. The third-order valence-corrected chi connectivity index (χ3v) is 8.30. The minimum atomic E-state index is -4.54. The summed E-state index contributed by atoms with van der Waals surface area (Å²) in [6.45, 7) is 3.78. The molecule has 1 amide bonds. The van der Waals surface area contributed by atoms with Gasteiger partial charge in [0.15, 0.2) is 5.82 Å². The Kier molecular flexibility index (Phi) is 9.59. The first-order valence-electron chi connectivity index (χ1n) is 13.5. The van der Waals surface area contributed by atoms with E-state index in [-0.39, 0.29) is 23.2 Å². The van der Waals surface area contributed by atoms with Crippen LogP contribution in [-0.2, 0) is 23.4 Å². The van der Waals surface area contributed by atoms with Crippen molar-refractivity contribution in [1.29, 1.82) is 5.26 Å². The van der Waals surface area contributed by atoms with Crippen LogP contribution in [0.15, 0.2) is 42.7 Å². The van der Waals surface area contributed by atoms with E-state index in [1.165, 1.54) is 53.0 Å². The molecular weight excluding hydrogens is 597 g/mol. The van der Waals surface area contributed by atoms with Gasteiger partial charge in [-0.15, -0.1) is 0 Å². The standard InChI is InChI=1S/C27H34N7O9P/c1-15(2)41-26(38)16(3)32-44(39,43-18-8-6-17(7-9-18)25(37)33(4)5)40-13-27(12-28)23(36)21(35)22(42-27)19-10-11-20-24(29)30-14-31-34(19)20/h6-11,14-16,21-23,35-36H,13H2,1-5H3,(H,32,39)(H2,29,30,31)/t16-,21-,22-,23-,27+,44?/m0/s1. The van der Waals surface area contributed by atoms with Crippen LogP contribution in [0.2, 0.25) is 0 Å². The molecule has 0 aliphatic carbocycles. The SMILES string of the molecule is CC(C)OC(=O)[C@H](C)NP(=O)(OC[C@@]1(C#N)O[C@@H](c2ccc3c(N)ncnn23)[C@H](O)[C@@H]1O)Oc1ccc(C(=O)N(C)C)cc1. The molecule has 1 fully saturated rings. The number of amides is 1. The lowest BCUT2D eigenvalue weighted by Gasteiger charge is -2.28. The average molecular weight is 632 g/mol. The number of nitrogen functional groups attached to an aromatic ring is 1. The molecule has 236 valence electrons. The van der Waals surface area contributed by atoms with Gasteiger partial charge in [0.25, 0.3) is 5.91 Å².